The number of ether oxygens (including phenoxy) is 1. The molecule has 150 valence electrons. The van der Waals surface area contributed by atoms with Gasteiger partial charge in [-0.25, -0.2) is 9.48 Å². The molecule has 1 aromatic carbocycles. The van der Waals surface area contributed by atoms with E-state index in [-0.39, 0.29) is 43.4 Å². The first kappa shape index (κ1) is 20.0. The van der Waals surface area contributed by atoms with Gasteiger partial charge in [0.1, 0.15) is 0 Å². The first-order valence-electron chi connectivity index (χ1n) is 9.53. The summed E-state index contributed by atoms with van der Waals surface area (Å²) in [5, 5.41) is 13.9. The zero-order chi connectivity index (χ0) is 20.3. The molecule has 0 radical (unpaired) electrons. The third-order valence-corrected chi connectivity index (χ3v) is 5.18. The van der Waals surface area contributed by atoms with Crippen molar-refractivity contribution in [3.63, 3.8) is 0 Å². The van der Waals surface area contributed by atoms with Crippen molar-refractivity contribution in [1.82, 2.24) is 14.7 Å². The van der Waals surface area contributed by atoms with E-state index < -0.39 is 11.5 Å². The van der Waals surface area contributed by atoms with Gasteiger partial charge in [0.15, 0.2) is 12.3 Å². The molecule has 1 aliphatic heterocycles. The fourth-order valence-corrected chi connectivity index (χ4v) is 3.82. The van der Waals surface area contributed by atoms with E-state index in [2.05, 4.69) is 5.10 Å². The van der Waals surface area contributed by atoms with Crippen LogP contribution in [-0.2, 0) is 16.1 Å². The van der Waals surface area contributed by atoms with Crippen LogP contribution >= 0.6 is 0 Å². The molecule has 8 heteroatoms. The second-order valence-electron chi connectivity index (χ2n) is 7.15. The van der Waals surface area contributed by atoms with Gasteiger partial charge >= 0.3 is 5.97 Å². The number of esters is 1. The number of amides is 1. The highest BCUT2D eigenvalue weighted by atomic mass is 16.5. The average Bonchev–Trinajstić information content (AvgIpc) is 2.68. The minimum absolute atomic E-state index is 0.0360. The highest BCUT2D eigenvalue weighted by Gasteiger charge is 2.30. The van der Waals surface area contributed by atoms with Crippen LogP contribution in [-0.4, -0.2) is 57.0 Å². The Morgan fingerprint density at radius 2 is 1.82 bits per heavy atom. The molecule has 1 N–H and O–H groups in total. The van der Waals surface area contributed by atoms with Gasteiger partial charge in [-0.15, -0.1) is 0 Å². The van der Waals surface area contributed by atoms with Crippen molar-refractivity contribution in [3.05, 3.63) is 40.3 Å². The number of aromatic nitrogens is 2. The minimum Gasteiger partial charge on any atom is -0.451 e. The summed E-state index contributed by atoms with van der Waals surface area (Å²) in [6.07, 6.45) is 2.94. The third kappa shape index (κ3) is 3.91. The standard InChI is InChI=1S/C20H25N3O5/c1-13-6-5-7-14(2)23(13)17(25)12-28-20(27)18-15-8-3-4-9-16(15)19(26)22(21-18)10-11-24/h3-4,8-9,13-14,24H,5-7,10-12H2,1-2H3/t13-,14-/m1/s1. The van der Waals surface area contributed by atoms with E-state index in [1.807, 2.05) is 13.8 Å². The highest BCUT2D eigenvalue weighted by molar-refractivity contribution is 6.02. The van der Waals surface area contributed by atoms with Crippen molar-refractivity contribution in [3.8, 4) is 0 Å². The van der Waals surface area contributed by atoms with Crippen LogP contribution < -0.4 is 5.56 Å². The Labute approximate surface area is 162 Å². The highest BCUT2D eigenvalue weighted by Crippen LogP contribution is 2.22. The van der Waals surface area contributed by atoms with Crippen molar-refractivity contribution in [2.24, 2.45) is 0 Å². The van der Waals surface area contributed by atoms with Crippen LogP contribution in [0.3, 0.4) is 0 Å². The molecular weight excluding hydrogens is 362 g/mol. The summed E-state index contributed by atoms with van der Waals surface area (Å²) < 4.78 is 6.29. The van der Waals surface area contributed by atoms with Crippen LogP contribution in [0.5, 0.6) is 0 Å². The van der Waals surface area contributed by atoms with Crippen molar-refractivity contribution in [2.45, 2.75) is 51.7 Å². The molecule has 28 heavy (non-hydrogen) atoms. The average molecular weight is 387 g/mol. The number of carbonyl (C=O) groups excluding carboxylic acids is 2. The lowest BCUT2D eigenvalue weighted by atomic mass is 9.97. The Balaban J connectivity index is 1.82. The largest absolute Gasteiger partial charge is 0.451 e. The second kappa shape index (κ2) is 8.52. The van der Waals surface area contributed by atoms with Gasteiger partial charge in [-0.3, -0.25) is 9.59 Å². The van der Waals surface area contributed by atoms with Gasteiger partial charge in [0.2, 0.25) is 0 Å². The number of aliphatic hydroxyl groups is 1. The molecule has 0 spiro atoms. The van der Waals surface area contributed by atoms with Crippen LogP contribution in [0.4, 0.5) is 0 Å². The maximum Gasteiger partial charge on any atom is 0.359 e. The normalized spacial score (nSPS) is 19.6. The van der Waals surface area contributed by atoms with Crippen LogP contribution in [0, 0.1) is 0 Å². The minimum atomic E-state index is -0.770. The van der Waals surface area contributed by atoms with Gasteiger partial charge in [0.25, 0.3) is 11.5 Å². The Morgan fingerprint density at radius 3 is 2.46 bits per heavy atom. The number of fused-ring (bicyclic) bond motifs is 1. The molecule has 1 fully saturated rings. The van der Waals surface area contributed by atoms with E-state index in [4.69, 9.17) is 9.84 Å². The molecular formula is C20H25N3O5. The van der Waals surface area contributed by atoms with Crippen LogP contribution in [0.2, 0.25) is 0 Å². The van der Waals surface area contributed by atoms with Crippen LogP contribution in [0.1, 0.15) is 43.6 Å². The molecule has 0 bridgehead atoms. The second-order valence-corrected chi connectivity index (χ2v) is 7.15. The van der Waals surface area contributed by atoms with Crippen molar-refractivity contribution < 1.29 is 19.4 Å². The Kier molecular flexibility index (Phi) is 6.08. The number of rotatable bonds is 5. The van der Waals surface area contributed by atoms with Gasteiger partial charge in [-0.2, -0.15) is 5.10 Å². The third-order valence-electron chi connectivity index (χ3n) is 5.18. The SMILES string of the molecule is C[C@@H]1CCC[C@@H](C)N1C(=O)COC(=O)c1nn(CCO)c(=O)c2ccccc12. The Bertz CT molecular complexity index is 929. The predicted molar refractivity (Wildman–Crippen MR) is 103 cm³/mol. The van der Waals surface area contributed by atoms with Gasteiger partial charge in [0.05, 0.1) is 18.5 Å². The molecule has 2 aromatic rings. The predicted octanol–water partition coefficient (Wildman–Crippen LogP) is 1.34. The molecule has 1 amide bonds. The van der Waals surface area contributed by atoms with E-state index in [9.17, 15) is 14.4 Å². The number of piperidine rings is 1. The summed E-state index contributed by atoms with van der Waals surface area (Å²) in [5.74, 6) is -1.01. The first-order chi connectivity index (χ1) is 13.4. The van der Waals surface area contributed by atoms with Crippen molar-refractivity contribution in [1.29, 1.82) is 0 Å². The topological polar surface area (TPSA) is 102 Å². The lowest BCUT2D eigenvalue weighted by molar-refractivity contribution is -0.140. The monoisotopic (exact) mass is 387 g/mol. The fourth-order valence-electron chi connectivity index (χ4n) is 3.82. The van der Waals surface area contributed by atoms with E-state index in [0.29, 0.717) is 10.8 Å². The Morgan fingerprint density at radius 1 is 1.18 bits per heavy atom. The smallest absolute Gasteiger partial charge is 0.359 e. The number of hydrogen-bond acceptors (Lipinski definition) is 6. The van der Waals surface area contributed by atoms with E-state index >= 15 is 0 Å². The summed E-state index contributed by atoms with van der Waals surface area (Å²) in [7, 11) is 0. The lowest BCUT2D eigenvalue weighted by Crippen LogP contribution is -2.49. The molecule has 2 atom stereocenters. The first-order valence-corrected chi connectivity index (χ1v) is 9.53. The van der Waals surface area contributed by atoms with E-state index in [1.165, 1.54) is 0 Å². The number of aliphatic hydroxyl groups excluding tert-OH is 1. The fraction of sp³-hybridized carbons (Fsp3) is 0.500. The van der Waals surface area contributed by atoms with Crippen molar-refractivity contribution in [2.75, 3.05) is 13.2 Å². The quantitative estimate of drug-likeness (QED) is 0.777. The molecule has 1 aromatic heterocycles. The number of nitrogens with zero attached hydrogens (tertiary/aromatic N) is 3. The molecule has 1 saturated heterocycles. The molecule has 3 rings (SSSR count). The zero-order valence-electron chi connectivity index (χ0n) is 16.1. The molecule has 8 nitrogen and oxygen atoms in total. The molecule has 0 saturated carbocycles. The van der Waals surface area contributed by atoms with Crippen LogP contribution in [0.15, 0.2) is 29.1 Å². The number of hydrogen-bond donors (Lipinski definition) is 1. The summed E-state index contributed by atoms with van der Waals surface area (Å²) in [6, 6.07) is 6.80. The van der Waals surface area contributed by atoms with Gasteiger partial charge in [-0.05, 0) is 39.2 Å². The number of carbonyl (C=O) groups is 2. The molecule has 0 aliphatic carbocycles. The lowest BCUT2D eigenvalue weighted by Gasteiger charge is -2.38. The summed E-state index contributed by atoms with van der Waals surface area (Å²) in [6.45, 7) is 3.29. The maximum absolute atomic E-state index is 12.6. The molecule has 2 heterocycles. The summed E-state index contributed by atoms with van der Waals surface area (Å²) in [5.41, 5.74) is -0.440. The van der Waals surface area contributed by atoms with Crippen LogP contribution in [0.25, 0.3) is 10.8 Å². The summed E-state index contributed by atoms with van der Waals surface area (Å²) >= 11 is 0. The van der Waals surface area contributed by atoms with E-state index in [0.717, 1.165) is 23.9 Å². The number of likely N-dealkylation sites (tertiary alicyclic amines) is 1. The number of benzene rings is 1. The van der Waals surface area contributed by atoms with E-state index in [1.54, 1.807) is 29.2 Å². The molecule has 1 aliphatic rings. The maximum atomic E-state index is 12.6. The van der Waals surface area contributed by atoms with Gasteiger partial charge < -0.3 is 14.7 Å². The van der Waals surface area contributed by atoms with Gasteiger partial charge in [0, 0.05) is 17.5 Å². The zero-order valence-corrected chi connectivity index (χ0v) is 16.1. The Hall–Kier alpha value is -2.74. The summed E-state index contributed by atoms with van der Waals surface area (Å²) in [4.78, 5) is 39.4. The van der Waals surface area contributed by atoms with Crippen molar-refractivity contribution >= 4 is 22.6 Å². The van der Waals surface area contributed by atoms with Gasteiger partial charge in [-0.1, -0.05) is 18.2 Å². The molecule has 0 unspecified atom stereocenters.